The van der Waals surface area contributed by atoms with Crippen LogP contribution in [-0.2, 0) is 10.8 Å². The monoisotopic (exact) mass is 569 g/mol. The van der Waals surface area contributed by atoms with Crippen LogP contribution in [0.15, 0.2) is 158 Å². The summed E-state index contributed by atoms with van der Waals surface area (Å²) in [4.78, 5) is 3.73. The van der Waals surface area contributed by atoms with Gasteiger partial charge < -0.3 is 4.98 Å². The van der Waals surface area contributed by atoms with E-state index in [9.17, 15) is 0 Å². The molecule has 0 saturated carbocycles. The van der Waals surface area contributed by atoms with Gasteiger partial charge in [-0.25, -0.2) is 0 Å². The molecule has 0 fully saturated rings. The van der Waals surface area contributed by atoms with E-state index in [0.717, 1.165) is 0 Å². The van der Waals surface area contributed by atoms with Crippen molar-refractivity contribution in [2.75, 3.05) is 0 Å². The maximum Gasteiger partial charge on any atom is 0.0720 e. The van der Waals surface area contributed by atoms with Crippen molar-refractivity contribution in [1.29, 1.82) is 0 Å². The summed E-state index contributed by atoms with van der Waals surface area (Å²) in [7, 11) is 0. The maximum atomic E-state index is 3.73. The Morgan fingerprint density at radius 2 is 0.689 bits per heavy atom. The number of hydrogen-bond donors (Lipinski definition) is 1. The molecule has 7 aromatic carbocycles. The Bertz CT molecular complexity index is 2470. The highest BCUT2D eigenvalue weighted by molar-refractivity contribution is 6.10. The van der Waals surface area contributed by atoms with Gasteiger partial charge in [-0.15, -0.1) is 0 Å². The fraction of sp³-hybridized carbons (Fsp3) is 0.0455. The third kappa shape index (κ3) is 2.57. The Hall–Kier alpha value is -5.66. The maximum absolute atomic E-state index is 3.73. The highest BCUT2D eigenvalue weighted by atomic mass is 14.7. The highest BCUT2D eigenvalue weighted by Crippen LogP contribution is 2.67. The average molecular weight is 570 g/mol. The molecule has 11 rings (SSSR count). The van der Waals surface area contributed by atoms with E-state index in [-0.39, 0.29) is 0 Å². The van der Waals surface area contributed by atoms with Gasteiger partial charge in [0.15, 0.2) is 0 Å². The fourth-order valence-corrected chi connectivity index (χ4v) is 9.58. The first-order valence-corrected chi connectivity index (χ1v) is 15.9. The predicted octanol–water partition coefficient (Wildman–Crippen LogP) is 10.4. The molecule has 2 spiro atoms. The molecule has 208 valence electrons. The average Bonchev–Trinajstić information content (AvgIpc) is 3.72. The molecule has 0 atom stereocenters. The van der Waals surface area contributed by atoms with Crippen LogP contribution in [0.1, 0.15) is 44.5 Å². The molecule has 1 heteroatoms. The lowest BCUT2D eigenvalue weighted by Crippen LogP contribution is -2.43. The molecule has 3 aliphatic rings. The molecule has 0 unspecified atom stereocenters. The number of rotatable bonds is 0. The third-order valence-electron chi connectivity index (χ3n) is 11.1. The summed E-state index contributed by atoms with van der Waals surface area (Å²) in [6, 6.07) is 59.6. The van der Waals surface area contributed by atoms with Crippen molar-refractivity contribution in [3.8, 4) is 22.3 Å². The zero-order valence-corrected chi connectivity index (χ0v) is 24.5. The number of aromatic amines is 1. The minimum Gasteiger partial charge on any atom is -0.354 e. The minimum absolute atomic E-state index is 0.409. The van der Waals surface area contributed by atoms with Gasteiger partial charge in [-0.05, 0) is 85.0 Å². The van der Waals surface area contributed by atoms with Crippen molar-refractivity contribution >= 4 is 21.8 Å². The molecule has 1 aromatic heterocycles. The van der Waals surface area contributed by atoms with Crippen LogP contribution in [0.5, 0.6) is 0 Å². The molecule has 3 aliphatic carbocycles. The van der Waals surface area contributed by atoms with E-state index in [2.05, 4.69) is 163 Å². The summed E-state index contributed by atoms with van der Waals surface area (Å²) in [5.74, 6) is 0. The summed E-state index contributed by atoms with van der Waals surface area (Å²) in [5.41, 5.74) is 17.8. The number of benzene rings is 7. The number of aromatic nitrogens is 1. The molecule has 0 amide bonds. The van der Waals surface area contributed by atoms with Crippen LogP contribution >= 0.6 is 0 Å². The van der Waals surface area contributed by atoms with E-state index in [1.165, 1.54) is 88.6 Å². The van der Waals surface area contributed by atoms with Gasteiger partial charge in [-0.2, -0.15) is 0 Å². The van der Waals surface area contributed by atoms with Crippen LogP contribution in [0.3, 0.4) is 0 Å². The second-order valence-corrected chi connectivity index (χ2v) is 12.8. The van der Waals surface area contributed by atoms with Crippen molar-refractivity contribution in [3.05, 3.63) is 202 Å². The number of nitrogens with one attached hydrogen (secondary N) is 1. The molecular weight excluding hydrogens is 542 g/mol. The van der Waals surface area contributed by atoms with Gasteiger partial charge in [0, 0.05) is 21.8 Å². The lowest BCUT2D eigenvalue weighted by atomic mass is 9.52. The van der Waals surface area contributed by atoms with Crippen LogP contribution in [0, 0.1) is 0 Å². The largest absolute Gasteiger partial charge is 0.354 e. The Balaban J connectivity index is 1.36. The van der Waals surface area contributed by atoms with Crippen LogP contribution < -0.4 is 0 Å². The van der Waals surface area contributed by atoms with Gasteiger partial charge in [0.2, 0.25) is 0 Å². The number of hydrogen-bond acceptors (Lipinski definition) is 0. The van der Waals surface area contributed by atoms with Gasteiger partial charge in [-0.1, -0.05) is 140 Å². The second kappa shape index (κ2) is 8.08. The van der Waals surface area contributed by atoms with Gasteiger partial charge >= 0.3 is 0 Å². The van der Waals surface area contributed by atoms with Crippen molar-refractivity contribution < 1.29 is 0 Å². The lowest BCUT2D eigenvalue weighted by Gasteiger charge is -2.48. The van der Waals surface area contributed by atoms with Gasteiger partial charge in [0.1, 0.15) is 0 Å². The van der Waals surface area contributed by atoms with Crippen molar-refractivity contribution in [1.82, 2.24) is 4.98 Å². The Morgan fingerprint density at radius 1 is 0.289 bits per heavy atom. The minimum atomic E-state index is -0.455. The summed E-state index contributed by atoms with van der Waals surface area (Å²) in [6.45, 7) is 0. The third-order valence-corrected chi connectivity index (χ3v) is 11.1. The first-order chi connectivity index (χ1) is 22.3. The standard InChI is InChI=1S/C44H27N/c1-5-17-33-27(13-1)28-14-2-6-18-34(28)43(33)36-20-8-10-22-38(36)44(39-23-11-9-21-37(39)43)35-19-7-3-15-29(35)31-26-42-32(25-40(31)44)30-16-4-12-24-41(30)45-42/h1-26,45H. The Morgan fingerprint density at radius 3 is 1.22 bits per heavy atom. The molecule has 0 bridgehead atoms. The highest BCUT2D eigenvalue weighted by Gasteiger charge is 2.58. The molecule has 8 aromatic rings. The van der Waals surface area contributed by atoms with Crippen molar-refractivity contribution in [2.24, 2.45) is 0 Å². The molecule has 1 nitrogen and oxygen atoms in total. The first-order valence-electron chi connectivity index (χ1n) is 15.9. The van der Waals surface area contributed by atoms with E-state index < -0.39 is 10.8 Å². The summed E-state index contributed by atoms with van der Waals surface area (Å²) in [6.07, 6.45) is 0. The lowest BCUT2D eigenvalue weighted by molar-refractivity contribution is 0.633. The quantitative estimate of drug-likeness (QED) is 0.187. The van der Waals surface area contributed by atoms with Crippen LogP contribution in [-0.4, -0.2) is 4.98 Å². The van der Waals surface area contributed by atoms with E-state index in [1.807, 2.05) is 0 Å². The molecule has 1 heterocycles. The smallest absolute Gasteiger partial charge is 0.0720 e. The van der Waals surface area contributed by atoms with Gasteiger partial charge in [-0.3, -0.25) is 0 Å². The van der Waals surface area contributed by atoms with Gasteiger partial charge in [0.25, 0.3) is 0 Å². The Labute approximate surface area is 261 Å². The number of H-pyrrole nitrogens is 1. The zero-order chi connectivity index (χ0) is 29.3. The summed E-state index contributed by atoms with van der Waals surface area (Å²) < 4.78 is 0. The van der Waals surface area contributed by atoms with E-state index in [4.69, 9.17) is 0 Å². The van der Waals surface area contributed by atoms with Crippen molar-refractivity contribution in [3.63, 3.8) is 0 Å². The van der Waals surface area contributed by atoms with Crippen LogP contribution in [0.2, 0.25) is 0 Å². The van der Waals surface area contributed by atoms with E-state index in [0.29, 0.717) is 0 Å². The number of fused-ring (bicyclic) bond motifs is 19. The molecule has 0 aliphatic heterocycles. The van der Waals surface area contributed by atoms with E-state index >= 15 is 0 Å². The normalized spacial score (nSPS) is 15.5. The molecule has 45 heavy (non-hydrogen) atoms. The Kier molecular flexibility index (Phi) is 4.27. The van der Waals surface area contributed by atoms with Gasteiger partial charge in [0.05, 0.1) is 10.8 Å². The molecule has 0 radical (unpaired) electrons. The van der Waals surface area contributed by atoms with Crippen molar-refractivity contribution in [2.45, 2.75) is 10.8 Å². The van der Waals surface area contributed by atoms with Crippen LogP contribution in [0.25, 0.3) is 44.1 Å². The van der Waals surface area contributed by atoms with E-state index in [1.54, 1.807) is 0 Å². The number of para-hydroxylation sites is 1. The predicted molar refractivity (Wildman–Crippen MR) is 184 cm³/mol. The second-order valence-electron chi connectivity index (χ2n) is 12.8. The molecule has 0 saturated heterocycles. The summed E-state index contributed by atoms with van der Waals surface area (Å²) in [5, 5.41) is 2.55. The molecule has 1 N–H and O–H groups in total. The SMILES string of the molecule is c1ccc2c(c1)-c1ccccc1C21c2ccccc2C2(c3ccccc3-c3cc4[nH]c5ccccc5c4cc32)c2ccccc21. The summed E-state index contributed by atoms with van der Waals surface area (Å²) >= 11 is 0. The molecular formula is C44H27N. The van der Waals surface area contributed by atoms with Crippen LogP contribution in [0.4, 0.5) is 0 Å². The zero-order valence-electron chi connectivity index (χ0n) is 24.5. The fourth-order valence-electron chi connectivity index (χ4n) is 9.58. The first kappa shape index (κ1) is 23.8. The topological polar surface area (TPSA) is 15.8 Å².